The largest absolute Gasteiger partial charge is 0.371 e. The Morgan fingerprint density at radius 2 is 1.04 bits per heavy atom. The fourth-order valence-electron chi connectivity index (χ4n) is 5.50. The van der Waals surface area contributed by atoms with Gasteiger partial charge in [0.15, 0.2) is 0 Å². The summed E-state index contributed by atoms with van der Waals surface area (Å²) in [7, 11) is 0. The van der Waals surface area contributed by atoms with Crippen molar-refractivity contribution >= 4 is 5.69 Å². The van der Waals surface area contributed by atoms with Crippen LogP contribution in [-0.2, 0) is 19.3 Å². The molecule has 3 aromatic carbocycles. The Morgan fingerprint density at radius 3 is 1.48 bits per heavy atom. The molecule has 0 bridgehead atoms. The Hall–Kier alpha value is -2.54. The highest BCUT2D eigenvalue weighted by atomic mass is 15.1. The number of anilines is 1. The molecule has 0 saturated heterocycles. The third kappa shape index (κ3) is 25.5. The van der Waals surface area contributed by atoms with E-state index in [-0.39, 0.29) is 0 Å². The number of aryl methyl sites for hydroxylation is 5. The summed E-state index contributed by atoms with van der Waals surface area (Å²) in [5, 5.41) is 0. The number of hydrogen-bond donors (Lipinski definition) is 0. The first-order chi connectivity index (χ1) is 23.3. The van der Waals surface area contributed by atoms with Gasteiger partial charge in [-0.3, -0.25) is 0 Å². The quantitative estimate of drug-likeness (QED) is 0.130. The van der Waals surface area contributed by atoms with E-state index in [2.05, 4.69) is 129 Å². The van der Waals surface area contributed by atoms with Gasteiger partial charge < -0.3 is 4.90 Å². The molecule has 3 rings (SSSR count). The standard InChI is InChI=1S/C18H30.C17H29N.C7H8.C3H8.C2H6/c1-4-6-7-9-16(3)10-11-18-14-12-17(8-5-2)13-15-18;1-5-8-9-16-10-11-17(15(4)14-16)18(12-6-2)13-7-3;1-7-5-3-2-4-6-7;1-3-2;1-2/h12-16H,4-11H2,1-3H3;10-11,14H,5-9,12-13H2,1-4H3;2-6H,1H3;3H2,1-2H3;1-2H3. The normalized spacial score (nSPS) is 10.5. The van der Waals surface area contributed by atoms with Gasteiger partial charge in [0, 0.05) is 18.8 Å². The summed E-state index contributed by atoms with van der Waals surface area (Å²) < 4.78 is 0. The van der Waals surface area contributed by atoms with E-state index in [0.717, 1.165) is 5.92 Å². The average Bonchev–Trinajstić information content (AvgIpc) is 3.09. The second-order valence-corrected chi connectivity index (χ2v) is 13.3. The predicted octanol–water partition coefficient (Wildman–Crippen LogP) is 15.2. The summed E-state index contributed by atoms with van der Waals surface area (Å²) in [5.74, 6) is 0.881. The van der Waals surface area contributed by atoms with Gasteiger partial charge in [-0.2, -0.15) is 0 Å². The van der Waals surface area contributed by atoms with Gasteiger partial charge in [0.25, 0.3) is 0 Å². The lowest BCUT2D eigenvalue weighted by atomic mass is 9.95. The van der Waals surface area contributed by atoms with Crippen molar-refractivity contribution in [2.24, 2.45) is 5.92 Å². The molecule has 0 heterocycles. The fraction of sp³-hybridized carbons (Fsp3) is 0.617. The molecule has 3 aromatic rings. The third-order valence-corrected chi connectivity index (χ3v) is 8.14. The van der Waals surface area contributed by atoms with E-state index in [9.17, 15) is 0 Å². The molecule has 48 heavy (non-hydrogen) atoms. The van der Waals surface area contributed by atoms with Gasteiger partial charge in [-0.25, -0.2) is 0 Å². The Bertz CT molecular complexity index is 1050. The van der Waals surface area contributed by atoms with E-state index in [0.29, 0.717) is 0 Å². The maximum absolute atomic E-state index is 2.53. The summed E-state index contributed by atoms with van der Waals surface area (Å²) in [6.45, 7) is 28.6. The van der Waals surface area contributed by atoms with E-state index in [1.54, 1.807) is 0 Å². The molecule has 0 aliphatic rings. The lowest BCUT2D eigenvalue weighted by Crippen LogP contribution is -2.25. The molecule has 1 heteroatoms. The highest BCUT2D eigenvalue weighted by molar-refractivity contribution is 5.54. The van der Waals surface area contributed by atoms with Crippen LogP contribution in [0.25, 0.3) is 0 Å². The predicted molar refractivity (Wildman–Crippen MR) is 223 cm³/mol. The monoisotopic (exact) mass is 660 g/mol. The number of nitrogens with zero attached hydrogens (tertiary/aromatic N) is 1. The Kier molecular flexibility index (Phi) is 34.0. The Morgan fingerprint density at radius 1 is 0.521 bits per heavy atom. The molecular formula is C47H81N. The zero-order valence-corrected chi connectivity index (χ0v) is 34.3. The number of benzene rings is 3. The molecule has 0 aromatic heterocycles. The van der Waals surface area contributed by atoms with E-state index < -0.39 is 0 Å². The lowest BCUT2D eigenvalue weighted by Gasteiger charge is -2.26. The first-order valence-corrected chi connectivity index (χ1v) is 20.2. The molecule has 1 unspecified atom stereocenters. The van der Waals surface area contributed by atoms with Crippen LogP contribution in [0.3, 0.4) is 0 Å². The zero-order valence-electron chi connectivity index (χ0n) is 34.3. The summed E-state index contributed by atoms with van der Waals surface area (Å²) in [5.41, 5.74) is 8.67. The molecule has 0 radical (unpaired) electrons. The van der Waals surface area contributed by atoms with Crippen LogP contribution in [-0.4, -0.2) is 13.1 Å². The molecule has 0 spiro atoms. The second kappa shape index (κ2) is 34.3. The minimum absolute atomic E-state index is 0.881. The Balaban J connectivity index is 0. The van der Waals surface area contributed by atoms with Gasteiger partial charge in [0.2, 0.25) is 0 Å². The van der Waals surface area contributed by atoms with Crippen LogP contribution in [0.15, 0.2) is 72.8 Å². The van der Waals surface area contributed by atoms with Gasteiger partial charge >= 0.3 is 0 Å². The first kappa shape index (κ1) is 47.6. The summed E-state index contributed by atoms with van der Waals surface area (Å²) in [6.07, 6.45) is 18.1. The Labute approximate surface area is 302 Å². The van der Waals surface area contributed by atoms with Gasteiger partial charge in [0.05, 0.1) is 0 Å². The minimum atomic E-state index is 0.881. The van der Waals surface area contributed by atoms with Crippen molar-refractivity contribution in [1.82, 2.24) is 0 Å². The van der Waals surface area contributed by atoms with Crippen molar-refractivity contribution in [3.05, 3.63) is 101 Å². The van der Waals surface area contributed by atoms with Crippen LogP contribution in [0, 0.1) is 19.8 Å². The minimum Gasteiger partial charge on any atom is -0.371 e. The number of rotatable bonds is 17. The fourth-order valence-corrected chi connectivity index (χ4v) is 5.50. The summed E-state index contributed by atoms with van der Waals surface area (Å²) >= 11 is 0. The smallest absolute Gasteiger partial charge is 0.0396 e. The van der Waals surface area contributed by atoms with E-state index in [1.165, 1.54) is 136 Å². The number of hydrogen-bond acceptors (Lipinski definition) is 1. The molecule has 1 nitrogen and oxygen atoms in total. The van der Waals surface area contributed by atoms with Crippen molar-refractivity contribution in [2.45, 2.75) is 173 Å². The molecule has 0 N–H and O–H groups in total. The molecule has 274 valence electrons. The molecule has 0 amide bonds. The summed E-state index contributed by atoms with van der Waals surface area (Å²) in [4.78, 5) is 2.53. The molecular weight excluding hydrogens is 579 g/mol. The van der Waals surface area contributed by atoms with Crippen LogP contribution < -0.4 is 4.90 Å². The molecule has 0 aliphatic heterocycles. The van der Waals surface area contributed by atoms with Crippen molar-refractivity contribution in [2.75, 3.05) is 18.0 Å². The SMILES string of the molecule is CC.CCC.CCCCCC(C)CCc1ccc(CCC)cc1.CCCCc1ccc(N(CCC)CCC)c(C)c1.Cc1ccccc1. The highest BCUT2D eigenvalue weighted by Crippen LogP contribution is 2.23. The lowest BCUT2D eigenvalue weighted by molar-refractivity contribution is 0.464. The van der Waals surface area contributed by atoms with Crippen LogP contribution >= 0.6 is 0 Å². The topological polar surface area (TPSA) is 3.24 Å². The number of unbranched alkanes of at least 4 members (excludes halogenated alkanes) is 3. The van der Waals surface area contributed by atoms with Crippen LogP contribution in [0.4, 0.5) is 5.69 Å². The van der Waals surface area contributed by atoms with Crippen molar-refractivity contribution in [3.63, 3.8) is 0 Å². The second-order valence-electron chi connectivity index (χ2n) is 13.3. The van der Waals surface area contributed by atoms with Crippen molar-refractivity contribution in [3.8, 4) is 0 Å². The maximum atomic E-state index is 2.53. The van der Waals surface area contributed by atoms with Gasteiger partial charge in [-0.1, -0.05) is 186 Å². The van der Waals surface area contributed by atoms with Crippen LogP contribution in [0.5, 0.6) is 0 Å². The van der Waals surface area contributed by atoms with E-state index in [4.69, 9.17) is 0 Å². The first-order valence-electron chi connectivity index (χ1n) is 20.2. The van der Waals surface area contributed by atoms with Crippen LogP contribution in [0.2, 0.25) is 0 Å². The summed E-state index contributed by atoms with van der Waals surface area (Å²) in [6, 6.07) is 26.5. The van der Waals surface area contributed by atoms with Crippen molar-refractivity contribution in [1.29, 1.82) is 0 Å². The average molecular weight is 660 g/mol. The van der Waals surface area contributed by atoms with E-state index in [1.807, 2.05) is 32.0 Å². The zero-order chi connectivity index (χ0) is 36.4. The molecule has 0 aliphatic carbocycles. The van der Waals surface area contributed by atoms with Crippen molar-refractivity contribution < 1.29 is 0 Å². The highest BCUT2D eigenvalue weighted by Gasteiger charge is 2.08. The van der Waals surface area contributed by atoms with Gasteiger partial charge in [0.1, 0.15) is 0 Å². The van der Waals surface area contributed by atoms with E-state index >= 15 is 0 Å². The molecule has 0 fully saturated rings. The molecule has 0 saturated carbocycles. The van der Waals surface area contributed by atoms with Gasteiger partial charge in [-0.05, 0) is 93.0 Å². The maximum Gasteiger partial charge on any atom is 0.0396 e. The molecule has 1 atom stereocenters. The van der Waals surface area contributed by atoms with Gasteiger partial charge in [-0.15, -0.1) is 0 Å². The third-order valence-electron chi connectivity index (χ3n) is 8.14. The van der Waals surface area contributed by atoms with Crippen LogP contribution in [0.1, 0.15) is 168 Å².